The van der Waals surface area contributed by atoms with Crippen molar-refractivity contribution in [1.82, 2.24) is 4.98 Å². The van der Waals surface area contributed by atoms with Crippen molar-refractivity contribution in [3.05, 3.63) is 23.9 Å². The highest BCUT2D eigenvalue weighted by atomic mass is 16.5. The summed E-state index contributed by atoms with van der Waals surface area (Å²) in [6, 6.07) is 3.24. The molecule has 0 aliphatic rings. The van der Waals surface area contributed by atoms with Crippen LogP contribution in [0.2, 0.25) is 0 Å². The molecule has 1 aromatic heterocycles. The van der Waals surface area contributed by atoms with Crippen LogP contribution < -0.4 is 11.1 Å². The minimum Gasteiger partial charge on any atom is -0.466 e. The van der Waals surface area contributed by atoms with Crippen molar-refractivity contribution in [3.63, 3.8) is 0 Å². The predicted molar refractivity (Wildman–Crippen MR) is 67.1 cm³/mol. The Kier molecular flexibility index (Phi) is 5.63. The van der Waals surface area contributed by atoms with Crippen LogP contribution in [-0.2, 0) is 9.53 Å². The van der Waals surface area contributed by atoms with Gasteiger partial charge in [0.25, 0.3) is 5.91 Å². The van der Waals surface area contributed by atoms with E-state index in [1.54, 1.807) is 25.3 Å². The second-order valence-corrected chi connectivity index (χ2v) is 3.60. The highest BCUT2D eigenvalue weighted by Gasteiger charge is 2.08. The summed E-state index contributed by atoms with van der Waals surface area (Å²) in [5.41, 5.74) is 5.55. The minimum absolute atomic E-state index is 0.226. The number of anilines is 1. The SMILES string of the molecule is CCOC(=O)CCCNc1ncccc1C(N)=O. The number of ether oxygens (including phenoxy) is 1. The maximum absolute atomic E-state index is 11.1. The average molecular weight is 251 g/mol. The van der Waals surface area contributed by atoms with E-state index in [2.05, 4.69) is 10.3 Å². The van der Waals surface area contributed by atoms with Gasteiger partial charge in [0, 0.05) is 19.2 Å². The number of aromatic nitrogens is 1. The number of hydrogen-bond acceptors (Lipinski definition) is 5. The lowest BCUT2D eigenvalue weighted by molar-refractivity contribution is -0.143. The molecule has 0 bridgehead atoms. The van der Waals surface area contributed by atoms with Gasteiger partial charge in [-0.2, -0.15) is 0 Å². The Morgan fingerprint density at radius 3 is 2.94 bits per heavy atom. The average Bonchev–Trinajstić information content (AvgIpc) is 2.35. The fourth-order valence-electron chi connectivity index (χ4n) is 1.42. The molecular weight excluding hydrogens is 234 g/mol. The summed E-state index contributed by atoms with van der Waals surface area (Å²) in [6.07, 6.45) is 2.51. The smallest absolute Gasteiger partial charge is 0.305 e. The van der Waals surface area contributed by atoms with E-state index in [-0.39, 0.29) is 5.97 Å². The number of esters is 1. The molecule has 6 heteroatoms. The van der Waals surface area contributed by atoms with Gasteiger partial charge in [0.1, 0.15) is 5.82 Å². The molecule has 0 unspecified atom stereocenters. The predicted octanol–water partition coefficient (Wildman–Crippen LogP) is 0.936. The van der Waals surface area contributed by atoms with E-state index in [0.29, 0.717) is 37.4 Å². The Morgan fingerprint density at radius 2 is 2.28 bits per heavy atom. The Balaban J connectivity index is 2.40. The lowest BCUT2D eigenvalue weighted by atomic mass is 10.2. The van der Waals surface area contributed by atoms with E-state index in [0.717, 1.165) is 0 Å². The quantitative estimate of drug-likeness (QED) is 0.555. The molecule has 6 nitrogen and oxygen atoms in total. The van der Waals surface area contributed by atoms with Crippen molar-refractivity contribution in [2.45, 2.75) is 19.8 Å². The van der Waals surface area contributed by atoms with Gasteiger partial charge in [-0.25, -0.2) is 4.98 Å². The molecule has 0 saturated heterocycles. The van der Waals surface area contributed by atoms with Crippen LogP contribution in [0, 0.1) is 0 Å². The van der Waals surface area contributed by atoms with Crippen LogP contribution in [0.5, 0.6) is 0 Å². The summed E-state index contributed by atoms with van der Waals surface area (Å²) in [6.45, 7) is 2.68. The first-order chi connectivity index (χ1) is 8.65. The molecule has 0 aromatic carbocycles. The standard InChI is InChI=1S/C12H17N3O3/c1-2-18-10(16)6-4-8-15-12-9(11(13)17)5-3-7-14-12/h3,5,7H,2,4,6,8H2,1H3,(H2,13,17)(H,14,15). The maximum Gasteiger partial charge on any atom is 0.305 e. The number of amides is 1. The molecule has 1 amide bonds. The molecule has 0 aliphatic carbocycles. The summed E-state index contributed by atoms with van der Waals surface area (Å²) in [5, 5.41) is 2.97. The fourth-order valence-corrected chi connectivity index (χ4v) is 1.42. The van der Waals surface area contributed by atoms with Gasteiger partial charge in [0.15, 0.2) is 0 Å². The van der Waals surface area contributed by atoms with Gasteiger partial charge in [-0.1, -0.05) is 0 Å². The molecule has 0 saturated carbocycles. The lowest BCUT2D eigenvalue weighted by Crippen LogP contribution is -2.16. The first-order valence-electron chi connectivity index (χ1n) is 5.79. The number of pyridine rings is 1. The Bertz CT molecular complexity index is 421. The largest absolute Gasteiger partial charge is 0.466 e. The van der Waals surface area contributed by atoms with Gasteiger partial charge in [-0.05, 0) is 25.5 Å². The second kappa shape index (κ2) is 7.26. The molecule has 0 spiro atoms. The van der Waals surface area contributed by atoms with E-state index >= 15 is 0 Å². The van der Waals surface area contributed by atoms with Crippen molar-refractivity contribution in [3.8, 4) is 0 Å². The molecule has 1 aromatic rings. The van der Waals surface area contributed by atoms with Gasteiger partial charge in [0.05, 0.1) is 12.2 Å². The van der Waals surface area contributed by atoms with Crippen LogP contribution >= 0.6 is 0 Å². The number of carbonyl (C=O) groups is 2. The topological polar surface area (TPSA) is 94.3 Å². The third kappa shape index (κ3) is 4.40. The molecule has 0 aliphatic heterocycles. The second-order valence-electron chi connectivity index (χ2n) is 3.60. The molecule has 1 rings (SSSR count). The number of nitrogens with two attached hydrogens (primary N) is 1. The Labute approximate surface area is 106 Å². The van der Waals surface area contributed by atoms with E-state index in [1.807, 2.05) is 0 Å². The third-order valence-electron chi connectivity index (χ3n) is 2.23. The fraction of sp³-hybridized carbons (Fsp3) is 0.417. The van der Waals surface area contributed by atoms with Crippen LogP contribution in [0.25, 0.3) is 0 Å². The first-order valence-corrected chi connectivity index (χ1v) is 5.79. The van der Waals surface area contributed by atoms with Crippen molar-refractivity contribution >= 4 is 17.7 Å². The zero-order valence-electron chi connectivity index (χ0n) is 10.3. The molecule has 0 atom stereocenters. The van der Waals surface area contributed by atoms with Crippen molar-refractivity contribution in [1.29, 1.82) is 0 Å². The molecular formula is C12H17N3O3. The summed E-state index contributed by atoms with van der Waals surface area (Å²) in [5.74, 6) is -0.319. The molecule has 0 radical (unpaired) electrons. The van der Waals surface area contributed by atoms with Crippen LogP contribution in [0.15, 0.2) is 18.3 Å². The highest BCUT2D eigenvalue weighted by Crippen LogP contribution is 2.10. The van der Waals surface area contributed by atoms with Crippen LogP contribution in [0.1, 0.15) is 30.1 Å². The van der Waals surface area contributed by atoms with E-state index in [4.69, 9.17) is 10.5 Å². The number of primary amides is 1. The number of rotatable bonds is 7. The molecule has 98 valence electrons. The zero-order valence-corrected chi connectivity index (χ0v) is 10.3. The summed E-state index contributed by atoms with van der Waals surface area (Å²) in [4.78, 5) is 26.2. The number of nitrogens with zero attached hydrogens (tertiary/aromatic N) is 1. The third-order valence-corrected chi connectivity index (χ3v) is 2.23. The summed E-state index contributed by atoms with van der Waals surface area (Å²) >= 11 is 0. The molecule has 0 fully saturated rings. The number of carbonyl (C=O) groups excluding carboxylic acids is 2. The maximum atomic E-state index is 11.1. The number of hydrogen-bond donors (Lipinski definition) is 2. The lowest BCUT2D eigenvalue weighted by Gasteiger charge is -2.08. The van der Waals surface area contributed by atoms with E-state index in [1.165, 1.54) is 0 Å². The van der Waals surface area contributed by atoms with Gasteiger partial charge >= 0.3 is 5.97 Å². The van der Waals surface area contributed by atoms with Crippen LogP contribution in [-0.4, -0.2) is 30.0 Å². The molecule has 18 heavy (non-hydrogen) atoms. The van der Waals surface area contributed by atoms with Crippen molar-refractivity contribution in [2.24, 2.45) is 5.73 Å². The minimum atomic E-state index is -0.531. The van der Waals surface area contributed by atoms with Gasteiger partial charge in [-0.15, -0.1) is 0 Å². The monoisotopic (exact) mass is 251 g/mol. The van der Waals surface area contributed by atoms with Crippen molar-refractivity contribution < 1.29 is 14.3 Å². The van der Waals surface area contributed by atoms with Gasteiger partial charge in [0.2, 0.25) is 0 Å². The Hall–Kier alpha value is -2.11. The van der Waals surface area contributed by atoms with Crippen molar-refractivity contribution in [2.75, 3.05) is 18.5 Å². The molecule has 3 N–H and O–H groups in total. The zero-order chi connectivity index (χ0) is 13.4. The van der Waals surface area contributed by atoms with E-state index < -0.39 is 5.91 Å². The Morgan fingerprint density at radius 1 is 1.50 bits per heavy atom. The van der Waals surface area contributed by atoms with E-state index in [9.17, 15) is 9.59 Å². The van der Waals surface area contributed by atoms with Gasteiger partial charge < -0.3 is 15.8 Å². The first kappa shape index (κ1) is 14.0. The molecule has 1 heterocycles. The van der Waals surface area contributed by atoms with Crippen LogP contribution in [0.3, 0.4) is 0 Å². The van der Waals surface area contributed by atoms with Crippen LogP contribution in [0.4, 0.5) is 5.82 Å². The summed E-state index contributed by atoms with van der Waals surface area (Å²) < 4.78 is 4.80. The normalized spacial score (nSPS) is 9.83. The summed E-state index contributed by atoms with van der Waals surface area (Å²) in [7, 11) is 0. The van der Waals surface area contributed by atoms with Gasteiger partial charge in [-0.3, -0.25) is 9.59 Å². The highest BCUT2D eigenvalue weighted by molar-refractivity contribution is 5.97. The number of nitrogens with one attached hydrogen (secondary N) is 1.